The summed E-state index contributed by atoms with van der Waals surface area (Å²) in [5.74, 6) is 0.861. The number of phenols is 1. The minimum absolute atomic E-state index is 0.219. The van der Waals surface area contributed by atoms with Crippen LogP contribution in [0.1, 0.15) is 0 Å². The third-order valence-corrected chi connectivity index (χ3v) is 5.19. The second-order valence-corrected chi connectivity index (χ2v) is 7.11. The molecule has 144 valence electrons. The molecule has 0 aliphatic rings. The van der Waals surface area contributed by atoms with E-state index in [-0.39, 0.29) is 5.75 Å². The van der Waals surface area contributed by atoms with E-state index in [9.17, 15) is 5.11 Å². The highest BCUT2D eigenvalue weighted by Gasteiger charge is 2.18. The number of aromatic amines is 1. The first kappa shape index (κ1) is 18.0. The molecular formula is C27H20N2O. The third-order valence-electron chi connectivity index (χ3n) is 5.19. The Morgan fingerprint density at radius 1 is 0.533 bits per heavy atom. The van der Waals surface area contributed by atoms with E-state index in [2.05, 4.69) is 17.1 Å². The molecule has 0 aliphatic heterocycles. The Labute approximate surface area is 175 Å². The topological polar surface area (TPSA) is 48.9 Å². The normalized spacial score (nSPS) is 10.8. The number of phenolic OH excluding ortho intramolecular Hbond substituents is 1. The molecule has 1 aromatic heterocycles. The molecule has 0 spiro atoms. The van der Waals surface area contributed by atoms with Gasteiger partial charge < -0.3 is 10.1 Å². The number of hydrogen-bond acceptors (Lipinski definition) is 2. The minimum Gasteiger partial charge on any atom is -0.507 e. The lowest BCUT2D eigenvalue weighted by molar-refractivity contribution is 0.479. The number of imidazole rings is 1. The summed E-state index contributed by atoms with van der Waals surface area (Å²) < 4.78 is 0. The molecule has 0 aliphatic carbocycles. The molecule has 4 aromatic carbocycles. The predicted molar refractivity (Wildman–Crippen MR) is 122 cm³/mol. The summed E-state index contributed by atoms with van der Waals surface area (Å²) in [7, 11) is 0. The van der Waals surface area contributed by atoms with Crippen molar-refractivity contribution in [1.29, 1.82) is 0 Å². The Balaban J connectivity index is 1.69. The van der Waals surface area contributed by atoms with Gasteiger partial charge in [-0.3, -0.25) is 0 Å². The maximum absolute atomic E-state index is 11.1. The van der Waals surface area contributed by atoms with Gasteiger partial charge in [0, 0.05) is 16.7 Å². The molecule has 0 saturated heterocycles. The van der Waals surface area contributed by atoms with Crippen molar-refractivity contribution in [2.75, 3.05) is 0 Å². The summed E-state index contributed by atoms with van der Waals surface area (Å²) in [5, 5.41) is 11.1. The Bertz CT molecular complexity index is 1220. The molecule has 30 heavy (non-hydrogen) atoms. The number of benzene rings is 4. The first-order chi connectivity index (χ1) is 14.8. The van der Waals surface area contributed by atoms with Gasteiger partial charge >= 0.3 is 0 Å². The highest BCUT2D eigenvalue weighted by atomic mass is 16.3. The molecule has 1 heterocycles. The van der Waals surface area contributed by atoms with Gasteiger partial charge in [-0.1, -0.05) is 103 Å². The molecule has 5 aromatic rings. The van der Waals surface area contributed by atoms with Gasteiger partial charge in [0.15, 0.2) is 0 Å². The predicted octanol–water partition coefficient (Wildman–Crippen LogP) is 6.78. The van der Waals surface area contributed by atoms with E-state index in [4.69, 9.17) is 4.98 Å². The van der Waals surface area contributed by atoms with E-state index >= 15 is 0 Å². The van der Waals surface area contributed by atoms with Crippen LogP contribution in [-0.2, 0) is 0 Å². The average molecular weight is 388 g/mol. The molecule has 0 amide bonds. The van der Waals surface area contributed by atoms with Crippen LogP contribution in [0.15, 0.2) is 109 Å². The largest absolute Gasteiger partial charge is 0.507 e. The van der Waals surface area contributed by atoms with Crippen LogP contribution >= 0.6 is 0 Å². The van der Waals surface area contributed by atoms with Crippen LogP contribution in [0.3, 0.4) is 0 Å². The van der Waals surface area contributed by atoms with Crippen molar-refractivity contribution in [2.24, 2.45) is 0 Å². The van der Waals surface area contributed by atoms with E-state index in [1.165, 1.54) is 0 Å². The number of aromatic nitrogens is 2. The fourth-order valence-corrected chi connectivity index (χ4v) is 3.70. The molecule has 0 unspecified atom stereocenters. The van der Waals surface area contributed by atoms with Crippen LogP contribution in [0, 0.1) is 0 Å². The Morgan fingerprint density at radius 2 is 1.07 bits per heavy atom. The van der Waals surface area contributed by atoms with Crippen molar-refractivity contribution in [3.05, 3.63) is 109 Å². The number of hydrogen-bond donors (Lipinski definition) is 2. The lowest BCUT2D eigenvalue weighted by Gasteiger charge is -2.08. The summed E-state index contributed by atoms with van der Waals surface area (Å²) in [6.45, 7) is 0. The van der Waals surface area contributed by atoms with Crippen LogP contribution < -0.4 is 0 Å². The molecule has 0 bridgehead atoms. The second kappa shape index (κ2) is 7.72. The van der Waals surface area contributed by atoms with Gasteiger partial charge in [-0.15, -0.1) is 0 Å². The van der Waals surface area contributed by atoms with Gasteiger partial charge in [0.05, 0.1) is 17.0 Å². The molecular weight excluding hydrogens is 368 g/mol. The SMILES string of the molecule is Oc1c(-c2ccccc2)cccc1-c1nc(-c2ccccc2)c(-c2ccccc2)[nH]1. The van der Waals surface area contributed by atoms with E-state index in [1.807, 2.05) is 97.1 Å². The number of H-pyrrole nitrogens is 1. The fourth-order valence-electron chi connectivity index (χ4n) is 3.70. The average Bonchev–Trinajstić information content (AvgIpc) is 3.26. The van der Waals surface area contributed by atoms with Gasteiger partial charge in [-0.2, -0.15) is 0 Å². The zero-order valence-corrected chi connectivity index (χ0v) is 16.3. The van der Waals surface area contributed by atoms with E-state index in [0.717, 1.165) is 33.6 Å². The zero-order chi connectivity index (χ0) is 20.3. The van der Waals surface area contributed by atoms with Crippen molar-refractivity contribution < 1.29 is 5.11 Å². The van der Waals surface area contributed by atoms with Crippen LogP contribution in [0.25, 0.3) is 45.0 Å². The summed E-state index contributed by atoms with van der Waals surface area (Å²) in [4.78, 5) is 8.37. The molecule has 0 radical (unpaired) electrons. The lowest BCUT2D eigenvalue weighted by atomic mass is 10.0. The first-order valence-electron chi connectivity index (χ1n) is 9.90. The third kappa shape index (κ3) is 3.27. The molecule has 0 atom stereocenters. The van der Waals surface area contributed by atoms with Gasteiger partial charge in [0.25, 0.3) is 0 Å². The quantitative estimate of drug-likeness (QED) is 0.356. The van der Waals surface area contributed by atoms with Crippen LogP contribution in [-0.4, -0.2) is 15.1 Å². The highest BCUT2D eigenvalue weighted by Crippen LogP contribution is 2.39. The van der Waals surface area contributed by atoms with E-state index in [0.29, 0.717) is 11.4 Å². The van der Waals surface area contributed by atoms with Crippen LogP contribution in [0.5, 0.6) is 5.75 Å². The van der Waals surface area contributed by atoms with Gasteiger partial charge in [0.1, 0.15) is 11.6 Å². The number of aromatic hydroxyl groups is 1. The summed E-state index contributed by atoms with van der Waals surface area (Å²) in [6, 6.07) is 35.9. The molecule has 5 rings (SSSR count). The number of para-hydroxylation sites is 1. The van der Waals surface area contributed by atoms with Crippen LogP contribution in [0.2, 0.25) is 0 Å². The van der Waals surface area contributed by atoms with Gasteiger partial charge in [-0.05, 0) is 11.6 Å². The van der Waals surface area contributed by atoms with Crippen molar-refractivity contribution in [1.82, 2.24) is 9.97 Å². The Kier molecular flexibility index (Phi) is 4.62. The summed E-state index contributed by atoms with van der Waals surface area (Å²) in [6.07, 6.45) is 0. The molecule has 2 N–H and O–H groups in total. The summed E-state index contributed by atoms with van der Waals surface area (Å²) >= 11 is 0. The number of nitrogens with zero attached hydrogens (tertiary/aromatic N) is 1. The maximum atomic E-state index is 11.1. The smallest absolute Gasteiger partial charge is 0.142 e. The monoisotopic (exact) mass is 388 g/mol. The van der Waals surface area contributed by atoms with Crippen molar-refractivity contribution in [3.8, 4) is 50.8 Å². The molecule has 3 heteroatoms. The Hall–Kier alpha value is -4.11. The lowest BCUT2D eigenvalue weighted by Crippen LogP contribution is -1.86. The molecule has 0 saturated carbocycles. The fraction of sp³-hybridized carbons (Fsp3) is 0. The van der Waals surface area contributed by atoms with E-state index < -0.39 is 0 Å². The Morgan fingerprint density at radius 3 is 1.70 bits per heavy atom. The number of nitrogens with one attached hydrogen (secondary N) is 1. The van der Waals surface area contributed by atoms with Crippen LogP contribution in [0.4, 0.5) is 0 Å². The van der Waals surface area contributed by atoms with Gasteiger partial charge in [-0.25, -0.2) is 4.98 Å². The van der Waals surface area contributed by atoms with Crippen molar-refractivity contribution >= 4 is 0 Å². The minimum atomic E-state index is 0.219. The van der Waals surface area contributed by atoms with Crippen molar-refractivity contribution in [2.45, 2.75) is 0 Å². The number of rotatable bonds is 4. The summed E-state index contributed by atoms with van der Waals surface area (Å²) in [5.41, 5.74) is 6.30. The molecule has 3 nitrogen and oxygen atoms in total. The van der Waals surface area contributed by atoms with Gasteiger partial charge in [0.2, 0.25) is 0 Å². The highest BCUT2D eigenvalue weighted by molar-refractivity contribution is 5.85. The van der Waals surface area contributed by atoms with E-state index in [1.54, 1.807) is 0 Å². The standard InChI is InChI=1S/C27H20N2O/c30-26-22(19-11-4-1-5-12-19)17-10-18-23(26)27-28-24(20-13-6-2-7-14-20)25(29-27)21-15-8-3-9-16-21/h1-18,30H,(H,28,29). The maximum Gasteiger partial charge on any atom is 0.142 e. The zero-order valence-electron chi connectivity index (χ0n) is 16.3. The van der Waals surface area contributed by atoms with Crippen molar-refractivity contribution in [3.63, 3.8) is 0 Å². The molecule has 0 fully saturated rings. The second-order valence-electron chi connectivity index (χ2n) is 7.11. The first-order valence-corrected chi connectivity index (χ1v) is 9.90.